The topological polar surface area (TPSA) is 32.3 Å². The SMILES string of the molecule is O=C1NCCCCCN1C1CCCCCCC1. The number of carbonyl (C=O) groups excluding carboxylic acids is 1. The van der Waals surface area contributed by atoms with Gasteiger partial charge in [-0.25, -0.2) is 4.79 Å². The fourth-order valence-corrected chi connectivity index (χ4v) is 3.08. The highest BCUT2D eigenvalue weighted by molar-refractivity contribution is 5.74. The summed E-state index contributed by atoms with van der Waals surface area (Å²) in [5.41, 5.74) is 0. The quantitative estimate of drug-likeness (QED) is 0.747. The van der Waals surface area contributed by atoms with E-state index in [0.717, 1.165) is 19.5 Å². The minimum absolute atomic E-state index is 0.190. The van der Waals surface area contributed by atoms with E-state index in [1.54, 1.807) is 0 Å². The molecule has 1 aliphatic heterocycles. The smallest absolute Gasteiger partial charge is 0.317 e. The lowest BCUT2D eigenvalue weighted by Gasteiger charge is -2.34. The summed E-state index contributed by atoms with van der Waals surface area (Å²) in [4.78, 5) is 14.2. The van der Waals surface area contributed by atoms with Gasteiger partial charge in [-0.15, -0.1) is 0 Å². The Morgan fingerprint density at radius 1 is 0.882 bits per heavy atom. The lowest BCUT2D eigenvalue weighted by Crippen LogP contribution is -2.48. The van der Waals surface area contributed by atoms with Gasteiger partial charge in [0.2, 0.25) is 0 Å². The fourth-order valence-electron chi connectivity index (χ4n) is 3.08. The highest BCUT2D eigenvalue weighted by Gasteiger charge is 2.24. The monoisotopic (exact) mass is 238 g/mol. The Hall–Kier alpha value is -0.730. The number of hydrogen-bond donors (Lipinski definition) is 1. The second-order valence-electron chi connectivity index (χ2n) is 5.48. The molecule has 1 aliphatic carbocycles. The Kier molecular flexibility index (Phi) is 5.14. The largest absolute Gasteiger partial charge is 0.338 e. The summed E-state index contributed by atoms with van der Waals surface area (Å²) in [5, 5.41) is 3.05. The summed E-state index contributed by atoms with van der Waals surface area (Å²) in [6.45, 7) is 1.83. The van der Waals surface area contributed by atoms with Crippen molar-refractivity contribution < 1.29 is 4.79 Å². The molecule has 17 heavy (non-hydrogen) atoms. The Morgan fingerprint density at radius 2 is 1.53 bits per heavy atom. The zero-order valence-electron chi connectivity index (χ0n) is 10.9. The first kappa shape index (κ1) is 12.7. The summed E-state index contributed by atoms with van der Waals surface area (Å²) < 4.78 is 0. The molecule has 2 fully saturated rings. The van der Waals surface area contributed by atoms with Gasteiger partial charge < -0.3 is 10.2 Å². The van der Waals surface area contributed by atoms with Gasteiger partial charge in [0.05, 0.1) is 0 Å². The van der Waals surface area contributed by atoms with Crippen molar-refractivity contribution in [3.05, 3.63) is 0 Å². The van der Waals surface area contributed by atoms with E-state index in [9.17, 15) is 4.79 Å². The van der Waals surface area contributed by atoms with E-state index in [-0.39, 0.29) is 6.03 Å². The first-order chi connectivity index (χ1) is 8.38. The third kappa shape index (κ3) is 3.90. The molecular weight excluding hydrogens is 212 g/mol. The molecule has 98 valence electrons. The predicted octanol–water partition coefficient (Wildman–Crippen LogP) is 3.29. The summed E-state index contributed by atoms with van der Waals surface area (Å²) in [6, 6.07) is 0.698. The standard InChI is InChI=1S/C14H26N2O/c17-14-15-11-7-4-8-12-16(14)13-9-5-2-1-3-6-10-13/h13H,1-12H2,(H,15,17). The van der Waals surface area contributed by atoms with Crippen LogP contribution in [-0.4, -0.2) is 30.1 Å². The van der Waals surface area contributed by atoms with Crippen LogP contribution in [0.3, 0.4) is 0 Å². The van der Waals surface area contributed by atoms with E-state index in [2.05, 4.69) is 10.2 Å². The number of hydrogen-bond acceptors (Lipinski definition) is 1. The molecule has 0 aromatic carbocycles. The summed E-state index contributed by atoms with van der Waals surface area (Å²) in [7, 11) is 0. The number of amides is 2. The van der Waals surface area contributed by atoms with Crippen LogP contribution in [0.15, 0.2) is 0 Å². The Bertz CT molecular complexity index is 234. The average Bonchev–Trinajstić information content (AvgIpc) is 2.26. The van der Waals surface area contributed by atoms with E-state index in [0.29, 0.717) is 6.04 Å². The van der Waals surface area contributed by atoms with Crippen molar-refractivity contribution in [2.45, 2.75) is 70.3 Å². The van der Waals surface area contributed by atoms with Crippen molar-refractivity contribution >= 4 is 6.03 Å². The van der Waals surface area contributed by atoms with Crippen LogP contribution < -0.4 is 5.32 Å². The van der Waals surface area contributed by atoms with Crippen molar-refractivity contribution in [3.8, 4) is 0 Å². The average molecular weight is 238 g/mol. The zero-order chi connectivity index (χ0) is 11.9. The number of urea groups is 1. The van der Waals surface area contributed by atoms with Gasteiger partial charge in [0, 0.05) is 19.1 Å². The molecule has 0 unspecified atom stereocenters. The lowest BCUT2D eigenvalue weighted by atomic mass is 9.95. The molecule has 0 aromatic rings. The van der Waals surface area contributed by atoms with E-state index >= 15 is 0 Å². The molecular formula is C14H26N2O. The summed E-state index contributed by atoms with van der Waals surface area (Å²) in [6.07, 6.45) is 12.7. The van der Waals surface area contributed by atoms with Gasteiger partial charge in [0.1, 0.15) is 0 Å². The highest BCUT2D eigenvalue weighted by atomic mass is 16.2. The second kappa shape index (κ2) is 6.87. The molecule has 2 aliphatic rings. The van der Waals surface area contributed by atoms with Gasteiger partial charge in [-0.3, -0.25) is 0 Å². The van der Waals surface area contributed by atoms with Gasteiger partial charge in [-0.2, -0.15) is 0 Å². The van der Waals surface area contributed by atoms with Crippen LogP contribution >= 0.6 is 0 Å². The Morgan fingerprint density at radius 3 is 2.29 bits per heavy atom. The van der Waals surface area contributed by atoms with Crippen molar-refractivity contribution in [1.29, 1.82) is 0 Å². The van der Waals surface area contributed by atoms with Gasteiger partial charge in [0.15, 0.2) is 0 Å². The van der Waals surface area contributed by atoms with Crippen molar-refractivity contribution in [1.82, 2.24) is 10.2 Å². The van der Waals surface area contributed by atoms with E-state index < -0.39 is 0 Å². The van der Waals surface area contributed by atoms with E-state index in [1.165, 1.54) is 57.8 Å². The first-order valence-electron chi connectivity index (χ1n) is 7.42. The number of nitrogens with one attached hydrogen (secondary N) is 1. The maximum atomic E-state index is 12.1. The van der Waals surface area contributed by atoms with Crippen LogP contribution in [0.1, 0.15) is 64.2 Å². The van der Waals surface area contributed by atoms with Crippen LogP contribution in [0.5, 0.6) is 0 Å². The van der Waals surface area contributed by atoms with Crippen LogP contribution in [0.2, 0.25) is 0 Å². The van der Waals surface area contributed by atoms with Crippen LogP contribution in [0.4, 0.5) is 4.79 Å². The molecule has 0 bridgehead atoms. The number of nitrogens with zero attached hydrogens (tertiary/aromatic N) is 1. The molecule has 0 aromatic heterocycles. The lowest BCUT2D eigenvalue weighted by molar-refractivity contribution is 0.155. The molecule has 1 heterocycles. The van der Waals surface area contributed by atoms with Crippen molar-refractivity contribution in [2.75, 3.05) is 13.1 Å². The molecule has 3 nitrogen and oxygen atoms in total. The predicted molar refractivity (Wildman–Crippen MR) is 70.1 cm³/mol. The van der Waals surface area contributed by atoms with Crippen LogP contribution in [-0.2, 0) is 0 Å². The van der Waals surface area contributed by atoms with Crippen molar-refractivity contribution in [3.63, 3.8) is 0 Å². The molecule has 3 heteroatoms. The Labute approximate surface area is 105 Å². The maximum absolute atomic E-state index is 12.1. The molecule has 0 spiro atoms. The van der Waals surface area contributed by atoms with E-state index in [4.69, 9.17) is 0 Å². The summed E-state index contributed by atoms with van der Waals surface area (Å²) >= 11 is 0. The van der Waals surface area contributed by atoms with Gasteiger partial charge in [-0.1, -0.05) is 32.1 Å². The third-order valence-electron chi connectivity index (χ3n) is 4.13. The zero-order valence-corrected chi connectivity index (χ0v) is 10.9. The minimum atomic E-state index is 0.190. The maximum Gasteiger partial charge on any atom is 0.317 e. The van der Waals surface area contributed by atoms with Crippen LogP contribution in [0.25, 0.3) is 0 Å². The molecule has 1 saturated heterocycles. The molecule has 0 atom stereocenters. The first-order valence-corrected chi connectivity index (χ1v) is 7.42. The molecule has 1 saturated carbocycles. The molecule has 2 rings (SSSR count). The van der Waals surface area contributed by atoms with E-state index in [1.807, 2.05) is 0 Å². The minimum Gasteiger partial charge on any atom is -0.338 e. The van der Waals surface area contributed by atoms with Gasteiger partial charge >= 0.3 is 6.03 Å². The number of carbonyl (C=O) groups is 1. The van der Waals surface area contributed by atoms with Gasteiger partial charge in [0.25, 0.3) is 0 Å². The second-order valence-corrected chi connectivity index (χ2v) is 5.48. The van der Waals surface area contributed by atoms with Gasteiger partial charge in [-0.05, 0) is 32.1 Å². The Balaban J connectivity index is 1.92. The fraction of sp³-hybridized carbons (Fsp3) is 0.929. The molecule has 2 amide bonds. The number of rotatable bonds is 1. The van der Waals surface area contributed by atoms with Crippen molar-refractivity contribution in [2.24, 2.45) is 0 Å². The molecule has 0 radical (unpaired) electrons. The summed E-state index contributed by atoms with van der Waals surface area (Å²) in [5.74, 6) is 0. The molecule has 1 N–H and O–H groups in total. The highest BCUT2D eigenvalue weighted by Crippen LogP contribution is 2.22. The van der Waals surface area contributed by atoms with Crippen LogP contribution in [0, 0.1) is 0 Å². The third-order valence-corrected chi connectivity index (χ3v) is 4.13. The normalized spacial score (nSPS) is 25.4.